The van der Waals surface area contributed by atoms with Crippen LogP contribution in [0.5, 0.6) is 5.75 Å². The number of hydrogen-bond acceptors (Lipinski definition) is 8. The Morgan fingerprint density at radius 1 is 1.18 bits per heavy atom. The van der Waals surface area contributed by atoms with Crippen molar-refractivity contribution in [1.82, 2.24) is 15.5 Å². The average Bonchev–Trinajstić information content (AvgIpc) is 2.83. The molecule has 0 saturated carbocycles. The van der Waals surface area contributed by atoms with Gasteiger partial charge in [0.1, 0.15) is 5.75 Å². The molecule has 1 unspecified atom stereocenters. The maximum absolute atomic E-state index is 11.0. The predicted molar refractivity (Wildman–Crippen MR) is 133 cm³/mol. The first-order valence-electron chi connectivity index (χ1n) is 11.8. The molecule has 184 valence electrons. The molecule has 9 nitrogen and oxygen atoms in total. The van der Waals surface area contributed by atoms with E-state index in [0.717, 1.165) is 31.6 Å². The van der Waals surface area contributed by atoms with Crippen LogP contribution in [-0.4, -0.2) is 47.7 Å². The molecule has 1 heterocycles. The fraction of sp³-hybridized carbons (Fsp3) is 0.440. The second-order valence-corrected chi connectivity index (χ2v) is 8.50. The van der Waals surface area contributed by atoms with Gasteiger partial charge >= 0.3 is 0 Å². The van der Waals surface area contributed by atoms with Gasteiger partial charge in [-0.25, -0.2) is 0 Å². The molecule has 0 amide bonds. The Balaban J connectivity index is 1.39. The summed E-state index contributed by atoms with van der Waals surface area (Å²) >= 11 is 0. The summed E-state index contributed by atoms with van der Waals surface area (Å²) in [5.74, 6) is 1.07. The van der Waals surface area contributed by atoms with E-state index < -0.39 is 11.0 Å². The number of nitrogen functional groups attached to an aromatic ring is 1. The summed E-state index contributed by atoms with van der Waals surface area (Å²) in [6, 6.07) is 15.0. The Labute approximate surface area is 200 Å². The largest absolute Gasteiger partial charge is 0.494 e. The summed E-state index contributed by atoms with van der Waals surface area (Å²) in [6.45, 7) is 4.35. The van der Waals surface area contributed by atoms with Crippen molar-refractivity contribution >= 4 is 5.69 Å². The highest BCUT2D eigenvalue weighted by atomic mass is 16.6. The third-order valence-corrected chi connectivity index (χ3v) is 5.70. The van der Waals surface area contributed by atoms with Crippen molar-refractivity contribution in [2.45, 2.75) is 38.3 Å². The van der Waals surface area contributed by atoms with Crippen LogP contribution >= 0.6 is 0 Å². The Morgan fingerprint density at radius 3 is 2.68 bits per heavy atom. The van der Waals surface area contributed by atoms with Crippen molar-refractivity contribution in [2.24, 2.45) is 0 Å². The lowest BCUT2D eigenvalue weighted by atomic mass is 10.1. The van der Waals surface area contributed by atoms with Crippen molar-refractivity contribution in [3.63, 3.8) is 0 Å². The Kier molecular flexibility index (Phi) is 9.99. The van der Waals surface area contributed by atoms with Crippen LogP contribution in [0.4, 0.5) is 5.69 Å². The molecule has 1 fully saturated rings. The average molecular weight is 470 g/mol. The highest BCUT2D eigenvalue weighted by molar-refractivity contribution is 5.39. The smallest absolute Gasteiger partial charge is 0.274 e. The van der Waals surface area contributed by atoms with E-state index in [1.54, 1.807) is 24.3 Å². The molecule has 1 aliphatic rings. The molecule has 0 aliphatic carbocycles. The normalized spacial score (nSPS) is 15.5. The number of hydrogen-bond donors (Lipinski definition) is 4. The van der Waals surface area contributed by atoms with Crippen LogP contribution in [0.3, 0.4) is 0 Å². The van der Waals surface area contributed by atoms with Crippen LogP contribution in [0.2, 0.25) is 0 Å². The number of nitrogens with one attached hydrogen (secondary N) is 2. The van der Waals surface area contributed by atoms with Gasteiger partial charge in [-0.1, -0.05) is 30.7 Å². The van der Waals surface area contributed by atoms with E-state index in [-0.39, 0.29) is 12.4 Å². The van der Waals surface area contributed by atoms with E-state index in [1.807, 2.05) is 12.1 Å². The summed E-state index contributed by atoms with van der Waals surface area (Å²) < 4.78 is 5.88. The Bertz CT molecular complexity index is 929. The molecule has 9 heteroatoms. The molecule has 2 aromatic carbocycles. The number of nitrogens with zero attached hydrogens (tertiary/aromatic N) is 2. The van der Waals surface area contributed by atoms with E-state index in [4.69, 9.17) is 10.5 Å². The fourth-order valence-corrected chi connectivity index (χ4v) is 3.90. The summed E-state index contributed by atoms with van der Waals surface area (Å²) in [5.41, 5.74) is 8.20. The minimum atomic E-state index is -0.821. The third-order valence-electron chi connectivity index (χ3n) is 5.70. The molecule has 0 bridgehead atoms. The molecule has 1 atom stereocenters. The predicted octanol–water partition coefficient (Wildman–Crippen LogP) is 3.01. The van der Waals surface area contributed by atoms with Gasteiger partial charge in [0, 0.05) is 25.3 Å². The van der Waals surface area contributed by atoms with Crippen molar-refractivity contribution < 1.29 is 14.8 Å². The number of aliphatic hydroxyl groups excluding tert-OH is 1. The van der Waals surface area contributed by atoms with Crippen molar-refractivity contribution in [3.05, 3.63) is 81.8 Å². The van der Waals surface area contributed by atoms with E-state index in [9.17, 15) is 15.2 Å². The summed E-state index contributed by atoms with van der Waals surface area (Å²) in [6.07, 6.45) is 4.56. The van der Waals surface area contributed by atoms with Crippen LogP contribution in [0, 0.1) is 10.1 Å². The van der Waals surface area contributed by atoms with Crippen LogP contribution in [0.25, 0.3) is 0 Å². The maximum atomic E-state index is 11.0. The number of anilines is 1. The van der Waals surface area contributed by atoms with Gasteiger partial charge in [0.05, 0.1) is 17.6 Å². The van der Waals surface area contributed by atoms with Gasteiger partial charge < -0.3 is 26.2 Å². The minimum absolute atomic E-state index is 0.122. The van der Waals surface area contributed by atoms with Gasteiger partial charge in [-0.2, -0.15) is 0 Å². The Hall–Kier alpha value is -3.30. The molecule has 5 N–H and O–H groups in total. The zero-order valence-corrected chi connectivity index (χ0v) is 19.5. The molecule has 0 aromatic heterocycles. The molecular formula is C25H35N5O4. The van der Waals surface area contributed by atoms with E-state index in [0.29, 0.717) is 30.8 Å². The maximum Gasteiger partial charge on any atom is 0.274 e. The lowest BCUT2D eigenvalue weighted by molar-refractivity contribution is -0.404. The summed E-state index contributed by atoms with van der Waals surface area (Å²) in [7, 11) is 0. The first-order valence-corrected chi connectivity index (χ1v) is 11.8. The number of piperidine rings is 1. The van der Waals surface area contributed by atoms with Crippen LogP contribution < -0.4 is 21.1 Å². The van der Waals surface area contributed by atoms with E-state index in [2.05, 4.69) is 27.7 Å². The molecular weight excluding hydrogens is 434 g/mol. The van der Waals surface area contributed by atoms with Gasteiger partial charge in [0.2, 0.25) is 0 Å². The van der Waals surface area contributed by atoms with Gasteiger partial charge in [-0.15, -0.1) is 0 Å². The lowest BCUT2D eigenvalue weighted by Crippen LogP contribution is -2.31. The number of benzene rings is 2. The number of aliphatic hydroxyl groups is 1. The van der Waals surface area contributed by atoms with Crippen LogP contribution in [0.1, 0.15) is 42.9 Å². The van der Waals surface area contributed by atoms with Crippen LogP contribution in [-0.2, 0) is 6.54 Å². The molecule has 0 spiro atoms. The van der Waals surface area contributed by atoms with Gasteiger partial charge in [-0.05, 0) is 67.7 Å². The summed E-state index contributed by atoms with van der Waals surface area (Å²) in [4.78, 5) is 12.9. The standard InChI is InChI=1S/C25H35N5O4/c26-22-10-8-21(9-11-22)24(31)17-28-25(19-30(32)33)27-12-5-15-34-23-7-4-6-20(16-23)18-29-13-2-1-3-14-29/h4,6-11,16,19,24,27-28,31H,1-3,5,12-15,17-18,26H2. The third kappa shape index (κ3) is 8.92. The quantitative estimate of drug-likeness (QED) is 0.153. The molecule has 34 heavy (non-hydrogen) atoms. The van der Waals surface area contributed by atoms with Gasteiger partial charge in [0.15, 0.2) is 5.82 Å². The second kappa shape index (κ2) is 13.4. The zero-order chi connectivity index (χ0) is 24.2. The second-order valence-electron chi connectivity index (χ2n) is 8.50. The Morgan fingerprint density at radius 2 is 1.94 bits per heavy atom. The van der Waals surface area contributed by atoms with Gasteiger partial charge in [-0.3, -0.25) is 15.0 Å². The highest BCUT2D eigenvalue weighted by Gasteiger charge is 2.11. The molecule has 1 aliphatic heterocycles. The number of rotatable bonds is 13. The molecule has 1 saturated heterocycles. The number of nitrogens with two attached hydrogens (primary N) is 1. The first kappa shape index (κ1) is 25.3. The molecule has 2 aromatic rings. The van der Waals surface area contributed by atoms with E-state index >= 15 is 0 Å². The fourth-order valence-electron chi connectivity index (χ4n) is 3.90. The van der Waals surface area contributed by atoms with Crippen molar-refractivity contribution in [2.75, 3.05) is 38.5 Å². The molecule has 3 rings (SSSR count). The van der Waals surface area contributed by atoms with E-state index in [1.165, 1.54) is 24.8 Å². The van der Waals surface area contributed by atoms with Crippen molar-refractivity contribution in [1.29, 1.82) is 0 Å². The monoisotopic (exact) mass is 469 g/mol. The highest BCUT2D eigenvalue weighted by Crippen LogP contribution is 2.18. The number of likely N-dealkylation sites (tertiary alicyclic amines) is 1. The number of nitro groups is 1. The zero-order valence-electron chi connectivity index (χ0n) is 19.5. The molecule has 0 radical (unpaired) electrons. The summed E-state index contributed by atoms with van der Waals surface area (Å²) in [5, 5.41) is 27.2. The minimum Gasteiger partial charge on any atom is -0.494 e. The van der Waals surface area contributed by atoms with Crippen LogP contribution in [0.15, 0.2) is 60.6 Å². The topological polar surface area (TPSA) is 126 Å². The first-order chi connectivity index (χ1) is 16.5. The van der Waals surface area contributed by atoms with Crippen molar-refractivity contribution in [3.8, 4) is 5.75 Å². The SMILES string of the molecule is Nc1ccc(C(O)CNC(=C[N+](=O)[O-])NCCCOc2cccc(CN3CCCCC3)c2)cc1. The lowest BCUT2D eigenvalue weighted by Gasteiger charge is -2.26. The van der Waals surface area contributed by atoms with Gasteiger partial charge in [0.25, 0.3) is 6.20 Å². The number of ether oxygens (including phenoxy) is 1.